The molecular formula is C6H13N2O2. The first-order valence-corrected chi connectivity index (χ1v) is 2.98. The summed E-state index contributed by atoms with van der Waals surface area (Å²) < 4.78 is 4.84. The molecule has 0 amide bonds. The fourth-order valence-corrected chi connectivity index (χ4v) is 0.399. The molecule has 4 heteroatoms. The molecule has 0 saturated heterocycles. The number of esters is 1. The molecule has 3 N–H and O–H groups in total. The summed E-state index contributed by atoms with van der Waals surface area (Å²) in [4.78, 5) is 10.6. The van der Waals surface area contributed by atoms with Gasteiger partial charge in [0.05, 0.1) is 0 Å². The van der Waals surface area contributed by atoms with E-state index in [1.54, 1.807) is 20.8 Å². The van der Waals surface area contributed by atoms with Crippen molar-refractivity contribution in [2.75, 3.05) is 0 Å². The van der Waals surface area contributed by atoms with E-state index in [2.05, 4.69) is 5.43 Å². The van der Waals surface area contributed by atoms with Crippen LogP contribution in [-0.2, 0) is 9.53 Å². The lowest BCUT2D eigenvalue weighted by Crippen LogP contribution is -2.30. The molecule has 0 aliphatic rings. The Labute approximate surface area is 60.7 Å². The van der Waals surface area contributed by atoms with E-state index in [0.29, 0.717) is 0 Å². The van der Waals surface area contributed by atoms with Crippen molar-refractivity contribution in [3.05, 3.63) is 6.54 Å². The molecule has 0 rings (SSSR count). The predicted molar refractivity (Wildman–Crippen MR) is 37.5 cm³/mol. The lowest BCUT2D eigenvalue weighted by Gasteiger charge is -2.18. The van der Waals surface area contributed by atoms with E-state index in [-0.39, 0.29) is 0 Å². The molecule has 0 unspecified atom stereocenters. The minimum absolute atomic E-state index is 0.454. The minimum Gasteiger partial charge on any atom is -0.459 e. The number of rotatable bonds is 2. The van der Waals surface area contributed by atoms with Gasteiger partial charge in [-0.05, 0) is 20.8 Å². The van der Waals surface area contributed by atoms with E-state index in [4.69, 9.17) is 10.6 Å². The average molecular weight is 145 g/mol. The van der Waals surface area contributed by atoms with Gasteiger partial charge < -0.3 is 4.74 Å². The van der Waals surface area contributed by atoms with Crippen LogP contribution in [0.15, 0.2) is 0 Å². The van der Waals surface area contributed by atoms with Gasteiger partial charge in [-0.25, -0.2) is 5.43 Å². The van der Waals surface area contributed by atoms with Crippen molar-refractivity contribution in [1.29, 1.82) is 0 Å². The molecule has 0 saturated carbocycles. The van der Waals surface area contributed by atoms with Gasteiger partial charge in [-0.1, -0.05) is 0 Å². The molecule has 0 heterocycles. The summed E-state index contributed by atoms with van der Waals surface area (Å²) in [5.41, 5.74) is 1.64. The summed E-state index contributed by atoms with van der Waals surface area (Å²) in [6.07, 6.45) is 0. The smallest absolute Gasteiger partial charge is 0.327 e. The highest BCUT2D eigenvalue weighted by Crippen LogP contribution is 2.06. The van der Waals surface area contributed by atoms with Crippen LogP contribution in [0.5, 0.6) is 0 Å². The highest BCUT2D eigenvalue weighted by Gasteiger charge is 2.15. The number of hydrazine groups is 1. The fourth-order valence-electron chi connectivity index (χ4n) is 0.399. The first kappa shape index (κ1) is 9.39. The Balaban J connectivity index is 3.58. The Morgan fingerprint density at radius 3 is 2.40 bits per heavy atom. The van der Waals surface area contributed by atoms with Crippen molar-refractivity contribution in [1.82, 2.24) is 5.43 Å². The average Bonchev–Trinajstić information content (AvgIpc) is 1.59. The zero-order valence-corrected chi connectivity index (χ0v) is 6.47. The van der Waals surface area contributed by atoms with Gasteiger partial charge >= 0.3 is 5.97 Å². The van der Waals surface area contributed by atoms with E-state index in [1.165, 1.54) is 0 Å². The quantitative estimate of drug-likeness (QED) is 0.325. The Bertz CT molecular complexity index is 117. The summed E-state index contributed by atoms with van der Waals surface area (Å²) >= 11 is 0. The number of hydrogen-bond donors (Lipinski definition) is 2. The second-order valence-corrected chi connectivity index (χ2v) is 2.84. The number of ether oxygens (including phenoxy) is 1. The second kappa shape index (κ2) is 3.53. The van der Waals surface area contributed by atoms with Crippen LogP contribution in [0.25, 0.3) is 0 Å². The van der Waals surface area contributed by atoms with Crippen molar-refractivity contribution in [2.45, 2.75) is 26.4 Å². The van der Waals surface area contributed by atoms with Crippen LogP contribution in [0.4, 0.5) is 0 Å². The highest BCUT2D eigenvalue weighted by atomic mass is 16.6. The predicted octanol–water partition coefficient (Wildman–Crippen LogP) is -0.0468. The van der Waals surface area contributed by atoms with Crippen LogP contribution in [-0.4, -0.2) is 11.6 Å². The molecule has 0 aromatic heterocycles. The standard InChI is InChI=1S/C6H13N2O2/c1-6(2,3)10-5(9)4-8-7/h4,8H,7H2,1-3H3. The van der Waals surface area contributed by atoms with E-state index in [9.17, 15) is 4.79 Å². The zero-order chi connectivity index (χ0) is 8.20. The Morgan fingerprint density at radius 1 is 1.60 bits per heavy atom. The summed E-state index contributed by atoms with van der Waals surface area (Å²) in [6.45, 7) is 6.42. The molecule has 0 aliphatic carbocycles. The number of carbonyl (C=O) groups is 1. The van der Waals surface area contributed by atoms with Crippen LogP contribution >= 0.6 is 0 Å². The van der Waals surface area contributed by atoms with Crippen molar-refractivity contribution in [3.63, 3.8) is 0 Å². The van der Waals surface area contributed by atoms with Gasteiger partial charge in [-0.3, -0.25) is 10.6 Å². The summed E-state index contributed by atoms with van der Waals surface area (Å²) in [5, 5.41) is 0. The molecule has 0 fully saturated rings. The number of hydrogen-bond acceptors (Lipinski definition) is 4. The Kier molecular flexibility index (Phi) is 3.32. The van der Waals surface area contributed by atoms with Crippen LogP contribution < -0.4 is 11.3 Å². The van der Waals surface area contributed by atoms with Gasteiger partial charge in [0, 0.05) is 0 Å². The summed E-state index contributed by atoms with van der Waals surface area (Å²) in [6, 6.07) is 0. The minimum atomic E-state index is -0.463. The van der Waals surface area contributed by atoms with Gasteiger partial charge in [0.25, 0.3) is 0 Å². The largest absolute Gasteiger partial charge is 0.459 e. The number of carbonyl (C=O) groups excluding carboxylic acids is 1. The van der Waals surface area contributed by atoms with Gasteiger partial charge in [-0.15, -0.1) is 0 Å². The van der Waals surface area contributed by atoms with Crippen molar-refractivity contribution in [3.8, 4) is 0 Å². The molecule has 0 spiro atoms. The normalized spacial score (nSPS) is 11.2. The van der Waals surface area contributed by atoms with Gasteiger partial charge in [0.15, 0.2) is 0 Å². The third-order valence-corrected chi connectivity index (χ3v) is 0.608. The maximum Gasteiger partial charge on any atom is 0.327 e. The van der Waals surface area contributed by atoms with E-state index < -0.39 is 11.6 Å². The van der Waals surface area contributed by atoms with Crippen LogP contribution in [0.3, 0.4) is 0 Å². The second-order valence-electron chi connectivity index (χ2n) is 2.84. The Morgan fingerprint density at radius 2 is 2.10 bits per heavy atom. The first-order valence-electron chi connectivity index (χ1n) is 2.98. The molecule has 4 nitrogen and oxygen atoms in total. The molecular weight excluding hydrogens is 132 g/mol. The van der Waals surface area contributed by atoms with Crippen LogP contribution in [0.2, 0.25) is 0 Å². The third-order valence-electron chi connectivity index (χ3n) is 0.608. The SMILES string of the molecule is CC(C)(C)OC(=O)[CH]NN. The van der Waals surface area contributed by atoms with Crippen molar-refractivity contribution in [2.24, 2.45) is 5.84 Å². The first-order chi connectivity index (χ1) is 4.45. The van der Waals surface area contributed by atoms with Crippen molar-refractivity contribution < 1.29 is 9.53 Å². The summed E-state index contributed by atoms with van der Waals surface area (Å²) in [7, 11) is 0. The molecule has 59 valence electrons. The molecule has 0 bridgehead atoms. The molecule has 0 aromatic rings. The highest BCUT2D eigenvalue weighted by molar-refractivity contribution is 5.78. The van der Waals surface area contributed by atoms with Crippen LogP contribution in [0.1, 0.15) is 20.8 Å². The van der Waals surface area contributed by atoms with Crippen molar-refractivity contribution >= 4 is 5.97 Å². The van der Waals surface area contributed by atoms with E-state index >= 15 is 0 Å². The molecule has 1 radical (unpaired) electrons. The third kappa shape index (κ3) is 5.53. The fraction of sp³-hybridized carbons (Fsp3) is 0.667. The molecule has 0 aromatic carbocycles. The zero-order valence-electron chi connectivity index (χ0n) is 6.47. The lowest BCUT2D eigenvalue weighted by molar-refractivity contribution is -0.150. The lowest BCUT2D eigenvalue weighted by atomic mass is 10.2. The van der Waals surface area contributed by atoms with Gasteiger partial charge in [0.2, 0.25) is 0 Å². The topological polar surface area (TPSA) is 64.3 Å². The molecule has 0 atom stereocenters. The monoisotopic (exact) mass is 145 g/mol. The maximum absolute atomic E-state index is 10.6. The van der Waals surface area contributed by atoms with Gasteiger partial charge in [-0.2, -0.15) is 0 Å². The number of nitrogens with two attached hydrogens (primary N) is 1. The van der Waals surface area contributed by atoms with Gasteiger partial charge in [0.1, 0.15) is 12.1 Å². The van der Waals surface area contributed by atoms with E-state index in [0.717, 1.165) is 6.54 Å². The molecule has 10 heavy (non-hydrogen) atoms. The maximum atomic E-state index is 10.6. The summed E-state index contributed by atoms with van der Waals surface area (Å²) in [5.74, 6) is 4.38. The van der Waals surface area contributed by atoms with E-state index in [1.807, 2.05) is 0 Å². The molecule has 0 aliphatic heterocycles. The number of nitrogens with one attached hydrogen (secondary N) is 1. The van der Waals surface area contributed by atoms with Crippen LogP contribution in [0, 0.1) is 6.54 Å². The Hall–Kier alpha value is -0.610.